The SMILES string of the molecule is CCOC(=O)CC(=O)C(F)(F)F.O=C(O)CC(=O)C(F)(F)F. The molecule has 12 heteroatoms. The maximum absolute atomic E-state index is 11.5. The van der Waals surface area contributed by atoms with Crippen molar-refractivity contribution in [2.45, 2.75) is 32.1 Å². The molecule has 0 saturated carbocycles. The Balaban J connectivity index is 0. The first-order valence-electron chi connectivity index (χ1n) is 5.29. The van der Waals surface area contributed by atoms with E-state index in [1.54, 1.807) is 0 Å². The van der Waals surface area contributed by atoms with Crippen LogP contribution in [0.3, 0.4) is 0 Å². The van der Waals surface area contributed by atoms with E-state index in [4.69, 9.17) is 5.11 Å². The minimum absolute atomic E-state index is 0.0377. The summed E-state index contributed by atoms with van der Waals surface area (Å²) in [5, 5.41) is 7.73. The molecule has 0 radical (unpaired) electrons. The van der Waals surface area contributed by atoms with Crippen molar-refractivity contribution >= 4 is 23.5 Å². The molecule has 0 amide bonds. The highest BCUT2D eigenvalue weighted by molar-refractivity contribution is 5.98. The van der Waals surface area contributed by atoms with Gasteiger partial charge < -0.3 is 9.84 Å². The van der Waals surface area contributed by atoms with Crippen LogP contribution < -0.4 is 0 Å². The topological polar surface area (TPSA) is 97.7 Å². The van der Waals surface area contributed by atoms with Gasteiger partial charge in [0, 0.05) is 0 Å². The number of carbonyl (C=O) groups is 4. The second kappa shape index (κ2) is 9.00. The van der Waals surface area contributed by atoms with Crippen LogP contribution in [0.2, 0.25) is 0 Å². The Morgan fingerprint density at radius 1 is 0.864 bits per heavy atom. The summed E-state index contributed by atoms with van der Waals surface area (Å²) < 4.78 is 72.2. The number of ether oxygens (including phenoxy) is 1. The number of halogens is 6. The summed E-state index contributed by atoms with van der Waals surface area (Å²) >= 11 is 0. The molecule has 0 aromatic rings. The second-order valence-corrected chi connectivity index (χ2v) is 3.39. The average Bonchev–Trinajstić information content (AvgIpc) is 2.26. The van der Waals surface area contributed by atoms with Crippen LogP contribution in [0.25, 0.3) is 0 Å². The predicted octanol–water partition coefficient (Wildman–Crippen LogP) is 1.66. The molecule has 128 valence electrons. The third kappa shape index (κ3) is 11.7. The van der Waals surface area contributed by atoms with Gasteiger partial charge in [0.25, 0.3) is 0 Å². The van der Waals surface area contributed by atoms with Crippen molar-refractivity contribution in [2.24, 2.45) is 0 Å². The molecule has 22 heavy (non-hydrogen) atoms. The number of carbonyl (C=O) groups excluding carboxylic acids is 3. The van der Waals surface area contributed by atoms with Gasteiger partial charge in [-0.15, -0.1) is 0 Å². The highest BCUT2D eigenvalue weighted by Crippen LogP contribution is 2.18. The van der Waals surface area contributed by atoms with E-state index in [0.717, 1.165) is 0 Å². The zero-order valence-electron chi connectivity index (χ0n) is 10.9. The van der Waals surface area contributed by atoms with E-state index in [2.05, 4.69) is 4.74 Å². The quantitative estimate of drug-likeness (QED) is 0.464. The molecule has 1 N–H and O–H groups in total. The van der Waals surface area contributed by atoms with Gasteiger partial charge in [-0.3, -0.25) is 19.2 Å². The molecule has 0 aliphatic rings. The van der Waals surface area contributed by atoms with Gasteiger partial charge in [-0.05, 0) is 6.92 Å². The number of hydrogen-bond acceptors (Lipinski definition) is 5. The fourth-order valence-electron chi connectivity index (χ4n) is 0.681. The third-order valence-electron chi connectivity index (χ3n) is 1.55. The van der Waals surface area contributed by atoms with Crippen molar-refractivity contribution in [3.05, 3.63) is 0 Å². The second-order valence-electron chi connectivity index (χ2n) is 3.39. The zero-order valence-corrected chi connectivity index (χ0v) is 10.9. The van der Waals surface area contributed by atoms with Gasteiger partial charge in [-0.2, -0.15) is 26.3 Å². The molecule has 0 atom stereocenters. The Morgan fingerprint density at radius 3 is 1.45 bits per heavy atom. The lowest BCUT2D eigenvalue weighted by molar-refractivity contribution is -0.174. The number of carboxylic acid groups (broad SMARTS) is 1. The molecule has 0 saturated heterocycles. The van der Waals surface area contributed by atoms with Crippen molar-refractivity contribution in [3.8, 4) is 0 Å². The Labute approximate surface area is 119 Å². The van der Waals surface area contributed by atoms with Gasteiger partial charge in [-0.1, -0.05) is 0 Å². The van der Waals surface area contributed by atoms with Gasteiger partial charge >= 0.3 is 24.3 Å². The van der Waals surface area contributed by atoms with Crippen LogP contribution in [-0.2, 0) is 23.9 Å². The van der Waals surface area contributed by atoms with Crippen molar-refractivity contribution in [2.75, 3.05) is 6.61 Å². The zero-order chi connectivity index (χ0) is 18.1. The molecule has 0 aromatic heterocycles. The molecule has 0 aromatic carbocycles. The summed E-state index contributed by atoms with van der Waals surface area (Å²) in [7, 11) is 0. The molecule has 0 heterocycles. The smallest absolute Gasteiger partial charge is 0.450 e. The van der Waals surface area contributed by atoms with Gasteiger partial charge in [0.15, 0.2) is 0 Å². The lowest BCUT2D eigenvalue weighted by Gasteiger charge is -2.03. The molecule has 6 nitrogen and oxygen atoms in total. The van der Waals surface area contributed by atoms with Crippen molar-refractivity contribution in [1.29, 1.82) is 0 Å². The van der Waals surface area contributed by atoms with E-state index in [1.165, 1.54) is 6.92 Å². The number of esters is 1. The Bertz CT molecular complexity index is 425. The minimum Gasteiger partial charge on any atom is -0.481 e. The van der Waals surface area contributed by atoms with E-state index >= 15 is 0 Å². The van der Waals surface area contributed by atoms with Crippen LogP contribution in [0.5, 0.6) is 0 Å². The van der Waals surface area contributed by atoms with Crippen LogP contribution >= 0.6 is 0 Å². The molecular formula is C10H10F6O6. The lowest BCUT2D eigenvalue weighted by atomic mass is 10.3. The molecule has 0 spiro atoms. The first-order chi connectivity index (χ1) is 9.71. The molecule has 0 bridgehead atoms. The maximum Gasteiger partial charge on any atom is 0.450 e. The molecule has 0 fully saturated rings. The number of hydrogen-bond donors (Lipinski definition) is 1. The van der Waals surface area contributed by atoms with Gasteiger partial charge in [0.2, 0.25) is 11.6 Å². The highest BCUT2D eigenvalue weighted by Gasteiger charge is 2.40. The van der Waals surface area contributed by atoms with Gasteiger partial charge in [-0.25, -0.2) is 0 Å². The van der Waals surface area contributed by atoms with Crippen LogP contribution in [0.15, 0.2) is 0 Å². The van der Waals surface area contributed by atoms with E-state index in [1.807, 2.05) is 0 Å². The largest absolute Gasteiger partial charge is 0.481 e. The Hall–Kier alpha value is -2.14. The standard InChI is InChI=1S/C6H7F3O3.C4H3F3O3/c1-2-12-5(11)3-4(10)6(7,8)9;5-4(6,7)2(8)1-3(9)10/h2-3H2,1H3;1H2,(H,9,10). The van der Waals surface area contributed by atoms with Crippen LogP contribution in [0.4, 0.5) is 26.3 Å². The summed E-state index contributed by atoms with van der Waals surface area (Å²) in [6, 6.07) is 0. The van der Waals surface area contributed by atoms with E-state index in [-0.39, 0.29) is 6.61 Å². The maximum atomic E-state index is 11.5. The number of Topliss-reactive ketones (excluding diaryl/α,β-unsaturated/α-hetero) is 2. The minimum atomic E-state index is -5.03. The van der Waals surface area contributed by atoms with Gasteiger partial charge in [0.05, 0.1) is 6.61 Å². The van der Waals surface area contributed by atoms with E-state index in [9.17, 15) is 45.5 Å². The summed E-state index contributed by atoms with van der Waals surface area (Å²) in [5.74, 6) is -7.25. The number of alkyl halides is 6. The number of carboxylic acids is 1. The molecule has 0 unspecified atom stereocenters. The molecule has 0 aliphatic heterocycles. The number of rotatable bonds is 5. The Morgan fingerprint density at radius 2 is 1.23 bits per heavy atom. The number of ketones is 2. The molecule has 0 rings (SSSR count). The summed E-state index contributed by atoms with van der Waals surface area (Å²) in [6.45, 7) is 1.40. The Kier molecular flexibility index (Phi) is 9.06. The van der Waals surface area contributed by atoms with Crippen LogP contribution in [0.1, 0.15) is 19.8 Å². The van der Waals surface area contributed by atoms with Gasteiger partial charge in [0.1, 0.15) is 12.8 Å². The monoisotopic (exact) mass is 340 g/mol. The predicted molar refractivity (Wildman–Crippen MR) is 55.6 cm³/mol. The van der Waals surface area contributed by atoms with Crippen LogP contribution in [-0.4, -0.2) is 47.6 Å². The first kappa shape index (κ1) is 22.1. The molecule has 0 aliphatic carbocycles. The highest BCUT2D eigenvalue weighted by atomic mass is 19.4. The molecular weight excluding hydrogens is 330 g/mol. The van der Waals surface area contributed by atoms with Crippen LogP contribution in [0, 0.1) is 0 Å². The third-order valence-corrected chi connectivity index (χ3v) is 1.55. The van der Waals surface area contributed by atoms with E-state index in [0.29, 0.717) is 0 Å². The lowest BCUT2D eigenvalue weighted by Crippen LogP contribution is -2.26. The fourth-order valence-corrected chi connectivity index (χ4v) is 0.681. The average molecular weight is 340 g/mol. The first-order valence-corrected chi connectivity index (χ1v) is 5.29. The fraction of sp³-hybridized carbons (Fsp3) is 0.600. The van der Waals surface area contributed by atoms with Crippen molar-refractivity contribution < 1.29 is 55.4 Å². The summed E-state index contributed by atoms with van der Waals surface area (Å²) in [5.41, 5.74) is 0. The van der Waals surface area contributed by atoms with Crippen molar-refractivity contribution in [3.63, 3.8) is 0 Å². The normalized spacial score (nSPS) is 11.0. The van der Waals surface area contributed by atoms with Crippen molar-refractivity contribution in [1.82, 2.24) is 0 Å². The number of aliphatic carboxylic acids is 1. The summed E-state index contributed by atoms with van der Waals surface area (Å²) in [4.78, 5) is 39.8. The van der Waals surface area contributed by atoms with E-state index < -0.39 is 48.7 Å². The summed E-state index contributed by atoms with van der Waals surface area (Å²) in [6.07, 6.45) is -12.7.